The van der Waals surface area contributed by atoms with Crippen LogP contribution in [0, 0.1) is 11.7 Å². The number of pyridine rings is 1. The van der Waals surface area contributed by atoms with E-state index in [-0.39, 0.29) is 16.9 Å². The van der Waals surface area contributed by atoms with Crippen molar-refractivity contribution in [3.05, 3.63) is 53.9 Å². The van der Waals surface area contributed by atoms with E-state index in [2.05, 4.69) is 35.8 Å². The van der Waals surface area contributed by atoms with E-state index < -0.39 is 5.82 Å². The zero-order chi connectivity index (χ0) is 21.3. The van der Waals surface area contributed by atoms with Crippen LogP contribution in [0.1, 0.15) is 49.7 Å². The zero-order valence-electron chi connectivity index (χ0n) is 17.5. The molecule has 1 saturated heterocycles. The van der Waals surface area contributed by atoms with Crippen LogP contribution in [0.25, 0.3) is 5.65 Å². The molecule has 30 heavy (non-hydrogen) atoms. The van der Waals surface area contributed by atoms with Crippen molar-refractivity contribution in [1.82, 2.24) is 24.5 Å². The highest BCUT2D eigenvalue weighted by atomic mass is 19.1. The van der Waals surface area contributed by atoms with Crippen LogP contribution in [0.3, 0.4) is 0 Å². The van der Waals surface area contributed by atoms with Crippen LogP contribution >= 0.6 is 0 Å². The average Bonchev–Trinajstić information content (AvgIpc) is 3.16. The van der Waals surface area contributed by atoms with Crippen molar-refractivity contribution in [2.45, 2.75) is 39.0 Å². The summed E-state index contributed by atoms with van der Waals surface area (Å²) in [5.41, 5.74) is 2.03. The van der Waals surface area contributed by atoms with E-state index in [1.807, 2.05) is 18.3 Å². The van der Waals surface area contributed by atoms with Gasteiger partial charge in [-0.1, -0.05) is 20.8 Å². The molecule has 1 aliphatic heterocycles. The number of aromatic nitrogens is 4. The van der Waals surface area contributed by atoms with Crippen LogP contribution in [-0.4, -0.2) is 50.1 Å². The van der Waals surface area contributed by atoms with Gasteiger partial charge in [0.15, 0.2) is 5.65 Å². The number of rotatable bonds is 4. The third-order valence-corrected chi connectivity index (χ3v) is 5.38. The Balaban J connectivity index is 1.32. The van der Waals surface area contributed by atoms with Crippen LogP contribution in [-0.2, 0) is 5.41 Å². The Hall–Kier alpha value is -3.03. The SMILES string of the molecule is CC(C)(C)c1cn2nc(OCC3CCN(C(=O)c4cncc(F)c4)CC3)ccc2n1. The maximum Gasteiger partial charge on any atom is 0.255 e. The number of piperidine rings is 1. The molecule has 0 radical (unpaired) electrons. The summed E-state index contributed by atoms with van der Waals surface area (Å²) in [6, 6.07) is 4.98. The third kappa shape index (κ3) is 4.42. The smallest absolute Gasteiger partial charge is 0.255 e. The fourth-order valence-corrected chi connectivity index (χ4v) is 3.52. The summed E-state index contributed by atoms with van der Waals surface area (Å²) in [6.45, 7) is 8.14. The number of ether oxygens (including phenoxy) is 1. The van der Waals surface area contributed by atoms with Crippen molar-refractivity contribution in [2.75, 3.05) is 19.7 Å². The molecule has 0 bridgehead atoms. The van der Waals surface area contributed by atoms with Gasteiger partial charge in [-0.15, -0.1) is 5.10 Å². The first-order valence-electron chi connectivity index (χ1n) is 10.2. The highest BCUT2D eigenvalue weighted by Crippen LogP contribution is 2.23. The molecule has 7 nitrogen and oxygen atoms in total. The molecule has 1 aliphatic rings. The Kier molecular flexibility index (Phi) is 5.40. The molecule has 0 aliphatic carbocycles. The van der Waals surface area contributed by atoms with Crippen molar-refractivity contribution in [1.29, 1.82) is 0 Å². The predicted octanol–water partition coefficient (Wildman–Crippen LogP) is 3.49. The van der Waals surface area contributed by atoms with Crippen molar-refractivity contribution < 1.29 is 13.9 Å². The molecule has 0 spiro atoms. The van der Waals surface area contributed by atoms with E-state index in [0.29, 0.717) is 31.5 Å². The van der Waals surface area contributed by atoms with E-state index >= 15 is 0 Å². The molecular formula is C22H26FN5O2. The van der Waals surface area contributed by atoms with Gasteiger partial charge in [-0.2, -0.15) is 0 Å². The number of hydrogen-bond donors (Lipinski definition) is 0. The van der Waals surface area contributed by atoms with Gasteiger partial charge in [0.1, 0.15) is 5.82 Å². The highest BCUT2D eigenvalue weighted by Gasteiger charge is 2.25. The Morgan fingerprint density at radius 3 is 2.70 bits per heavy atom. The molecule has 0 N–H and O–H groups in total. The van der Waals surface area contributed by atoms with Gasteiger partial charge in [0, 0.05) is 30.8 Å². The topological polar surface area (TPSA) is 72.6 Å². The van der Waals surface area contributed by atoms with E-state index in [1.165, 1.54) is 12.3 Å². The molecule has 1 amide bonds. The van der Waals surface area contributed by atoms with Gasteiger partial charge in [-0.05, 0) is 30.9 Å². The van der Waals surface area contributed by atoms with Gasteiger partial charge in [0.25, 0.3) is 5.91 Å². The standard InChI is InChI=1S/C22H26FN5O2/c1-22(2,3)18-13-28-19(25-18)4-5-20(26-28)30-14-15-6-8-27(9-7-15)21(29)16-10-17(23)12-24-11-16/h4-5,10-13,15H,6-9,14H2,1-3H3. The molecule has 3 aromatic rings. The van der Waals surface area contributed by atoms with Crippen LogP contribution in [0.5, 0.6) is 5.88 Å². The van der Waals surface area contributed by atoms with Gasteiger partial charge >= 0.3 is 0 Å². The Labute approximate surface area is 174 Å². The molecule has 3 aromatic heterocycles. The number of imidazole rings is 1. The molecule has 8 heteroatoms. The molecule has 1 fully saturated rings. The summed E-state index contributed by atoms with van der Waals surface area (Å²) in [7, 11) is 0. The number of nitrogens with zero attached hydrogens (tertiary/aromatic N) is 5. The first kappa shape index (κ1) is 20.3. The normalized spacial score (nSPS) is 15.5. The fourth-order valence-electron chi connectivity index (χ4n) is 3.52. The molecule has 4 heterocycles. The van der Waals surface area contributed by atoms with Crippen LogP contribution < -0.4 is 4.74 Å². The van der Waals surface area contributed by atoms with Crippen molar-refractivity contribution in [3.8, 4) is 5.88 Å². The first-order chi connectivity index (χ1) is 14.3. The molecular weight excluding hydrogens is 385 g/mol. The predicted molar refractivity (Wildman–Crippen MR) is 110 cm³/mol. The van der Waals surface area contributed by atoms with Gasteiger partial charge in [0.2, 0.25) is 5.88 Å². The number of hydrogen-bond acceptors (Lipinski definition) is 5. The lowest BCUT2D eigenvalue weighted by Gasteiger charge is -2.31. The lowest BCUT2D eigenvalue weighted by Crippen LogP contribution is -2.39. The lowest BCUT2D eigenvalue weighted by molar-refractivity contribution is 0.0658. The maximum absolute atomic E-state index is 13.3. The van der Waals surface area contributed by atoms with Crippen LogP contribution in [0.15, 0.2) is 36.8 Å². The second-order valence-electron chi connectivity index (χ2n) is 8.79. The summed E-state index contributed by atoms with van der Waals surface area (Å²) >= 11 is 0. The minimum absolute atomic E-state index is 0.0400. The van der Waals surface area contributed by atoms with Crippen molar-refractivity contribution >= 4 is 11.6 Å². The average molecular weight is 411 g/mol. The van der Waals surface area contributed by atoms with Gasteiger partial charge < -0.3 is 9.64 Å². The molecule has 0 saturated carbocycles. The number of carbonyl (C=O) groups is 1. The maximum atomic E-state index is 13.3. The molecule has 0 atom stereocenters. The summed E-state index contributed by atoms with van der Waals surface area (Å²) in [4.78, 5) is 22.6. The monoisotopic (exact) mass is 411 g/mol. The Morgan fingerprint density at radius 2 is 2.00 bits per heavy atom. The first-order valence-corrected chi connectivity index (χ1v) is 10.2. The molecule has 0 aromatic carbocycles. The number of halogens is 1. The molecule has 158 valence electrons. The number of likely N-dealkylation sites (tertiary alicyclic amines) is 1. The van der Waals surface area contributed by atoms with Crippen molar-refractivity contribution in [3.63, 3.8) is 0 Å². The number of carbonyl (C=O) groups excluding carboxylic acids is 1. The number of amides is 1. The molecule has 4 rings (SSSR count). The minimum atomic E-state index is -0.499. The Bertz CT molecular complexity index is 1050. The largest absolute Gasteiger partial charge is 0.476 e. The second-order valence-corrected chi connectivity index (χ2v) is 8.79. The van der Waals surface area contributed by atoms with Gasteiger partial charge in [0.05, 0.1) is 30.3 Å². The van der Waals surface area contributed by atoms with E-state index in [0.717, 1.165) is 30.4 Å². The summed E-state index contributed by atoms with van der Waals surface area (Å²) in [5.74, 6) is 0.221. The minimum Gasteiger partial charge on any atom is -0.476 e. The molecule has 0 unspecified atom stereocenters. The lowest BCUT2D eigenvalue weighted by atomic mass is 9.93. The van der Waals surface area contributed by atoms with E-state index in [1.54, 1.807) is 9.42 Å². The highest BCUT2D eigenvalue weighted by molar-refractivity contribution is 5.93. The Morgan fingerprint density at radius 1 is 1.23 bits per heavy atom. The summed E-state index contributed by atoms with van der Waals surface area (Å²) < 4.78 is 21.0. The summed E-state index contributed by atoms with van der Waals surface area (Å²) in [6.07, 6.45) is 6.10. The quantitative estimate of drug-likeness (QED) is 0.657. The zero-order valence-corrected chi connectivity index (χ0v) is 17.5. The number of fused-ring (bicyclic) bond motifs is 1. The van der Waals surface area contributed by atoms with E-state index in [4.69, 9.17) is 4.74 Å². The van der Waals surface area contributed by atoms with Crippen molar-refractivity contribution in [2.24, 2.45) is 5.92 Å². The van der Waals surface area contributed by atoms with E-state index in [9.17, 15) is 9.18 Å². The van der Waals surface area contributed by atoms with Gasteiger partial charge in [-0.3, -0.25) is 9.78 Å². The van der Waals surface area contributed by atoms with Crippen LogP contribution in [0.4, 0.5) is 4.39 Å². The summed E-state index contributed by atoms with van der Waals surface area (Å²) in [5, 5.41) is 4.51. The fraction of sp³-hybridized carbons (Fsp3) is 0.455. The third-order valence-electron chi connectivity index (χ3n) is 5.38. The second kappa shape index (κ2) is 8.01. The van der Waals surface area contributed by atoms with Crippen LogP contribution in [0.2, 0.25) is 0 Å². The van der Waals surface area contributed by atoms with Gasteiger partial charge in [-0.25, -0.2) is 13.9 Å².